The number of carbonyl (C=O) groups is 1. The van der Waals surface area contributed by atoms with Gasteiger partial charge in [-0.25, -0.2) is 27.5 Å². The van der Waals surface area contributed by atoms with Crippen molar-refractivity contribution in [1.29, 1.82) is 0 Å². The average Bonchev–Trinajstić information content (AvgIpc) is 3.25. The number of hydrogen-bond acceptors (Lipinski definition) is 3. The van der Waals surface area contributed by atoms with E-state index >= 15 is 0 Å². The first kappa shape index (κ1) is 19.6. The molecule has 2 N–H and O–H groups in total. The van der Waals surface area contributed by atoms with Gasteiger partial charge >= 0.3 is 0 Å². The zero-order valence-corrected chi connectivity index (χ0v) is 15.4. The van der Waals surface area contributed by atoms with Gasteiger partial charge in [-0.15, -0.1) is 0 Å². The van der Waals surface area contributed by atoms with Crippen molar-refractivity contribution in [2.24, 2.45) is 5.73 Å². The van der Waals surface area contributed by atoms with Gasteiger partial charge in [0.25, 0.3) is 6.43 Å². The SMILES string of the molecule is NC(=O)Cc1cnc2ccc(-c3c(-c4ccc(F)cc4F)ncn3CC(F)F)cn12. The summed E-state index contributed by atoms with van der Waals surface area (Å²) in [6.45, 7) is -0.665. The van der Waals surface area contributed by atoms with Gasteiger partial charge in [0, 0.05) is 29.6 Å². The molecule has 0 fully saturated rings. The number of benzene rings is 1. The van der Waals surface area contributed by atoms with E-state index in [0.717, 1.165) is 6.07 Å². The molecule has 0 aliphatic carbocycles. The summed E-state index contributed by atoms with van der Waals surface area (Å²) in [6.07, 6.45) is 1.51. The summed E-state index contributed by atoms with van der Waals surface area (Å²) in [5, 5.41) is 0. The Morgan fingerprint density at radius 3 is 2.63 bits per heavy atom. The van der Waals surface area contributed by atoms with Gasteiger partial charge in [-0.05, 0) is 24.3 Å². The Labute approximate surface area is 167 Å². The Morgan fingerprint density at radius 1 is 1.13 bits per heavy atom. The molecule has 0 spiro atoms. The summed E-state index contributed by atoms with van der Waals surface area (Å²) >= 11 is 0. The van der Waals surface area contributed by atoms with E-state index in [2.05, 4.69) is 9.97 Å². The van der Waals surface area contributed by atoms with Crippen LogP contribution in [0.3, 0.4) is 0 Å². The molecular formula is C20H15F4N5O. The van der Waals surface area contributed by atoms with Crippen molar-refractivity contribution in [3.8, 4) is 22.5 Å². The number of nitrogens with zero attached hydrogens (tertiary/aromatic N) is 4. The normalized spacial score (nSPS) is 11.5. The van der Waals surface area contributed by atoms with E-state index < -0.39 is 30.5 Å². The van der Waals surface area contributed by atoms with Gasteiger partial charge < -0.3 is 14.7 Å². The standard InChI is InChI=1S/C20H15F4N5O/c21-12-2-3-14(15(22)5-12)19-20(28(10-27-19)9-16(23)24)11-1-4-18-26-7-13(6-17(25)30)29(18)8-11/h1-5,7-8,10,16H,6,9H2,(H2,25,30). The maximum Gasteiger partial charge on any atom is 0.256 e. The van der Waals surface area contributed by atoms with Gasteiger partial charge in [0.2, 0.25) is 5.91 Å². The number of primary amides is 1. The molecule has 3 heterocycles. The fourth-order valence-corrected chi connectivity index (χ4v) is 3.33. The number of rotatable bonds is 6. The molecule has 10 heteroatoms. The Bertz CT molecular complexity index is 1250. The second-order valence-electron chi connectivity index (χ2n) is 6.65. The Morgan fingerprint density at radius 2 is 1.93 bits per heavy atom. The lowest BCUT2D eigenvalue weighted by Crippen LogP contribution is -2.15. The van der Waals surface area contributed by atoms with Crippen LogP contribution in [0.25, 0.3) is 28.2 Å². The smallest absolute Gasteiger partial charge is 0.256 e. The fourth-order valence-electron chi connectivity index (χ4n) is 3.33. The van der Waals surface area contributed by atoms with Crippen molar-refractivity contribution in [3.05, 3.63) is 66.4 Å². The number of hydrogen-bond donors (Lipinski definition) is 1. The summed E-state index contributed by atoms with van der Waals surface area (Å²) in [4.78, 5) is 19.6. The predicted molar refractivity (Wildman–Crippen MR) is 101 cm³/mol. The minimum absolute atomic E-state index is 0.0255. The Balaban J connectivity index is 1.92. The van der Waals surface area contributed by atoms with Crippen molar-refractivity contribution >= 4 is 11.6 Å². The fraction of sp³-hybridized carbons (Fsp3) is 0.150. The second kappa shape index (κ2) is 7.62. The minimum Gasteiger partial charge on any atom is -0.369 e. The summed E-state index contributed by atoms with van der Waals surface area (Å²) in [5.41, 5.74) is 7.01. The lowest BCUT2D eigenvalue weighted by molar-refractivity contribution is -0.117. The average molecular weight is 417 g/mol. The van der Waals surface area contributed by atoms with E-state index in [1.54, 1.807) is 22.7 Å². The lowest BCUT2D eigenvalue weighted by atomic mass is 10.1. The first-order chi connectivity index (χ1) is 14.3. The zero-order chi connectivity index (χ0) is 21.4. The molecule has 0 aliphatic heterocycles. The summed E-state index contributed by atoms with van der Waals surface area (Å²) in [5.74, 6) is -2.18. The summed E-state index contributed by atoms with van der Waals surface area (Å²) in [6, 6.07) is 6.23. The van der Waals surface area contributed by atoms with Crippen molar-refractivity contribution < 1.29 is 22.4 Å². The van der Waals surface area contributed by atoms with E-state index in [9.17, 15) is 22.4 Å². The number of aromatic nitrogens is 4. The molecule has 6 nitrogen and oxygen atoms in total. The highest BCUT2D eigenvalue weighted by atomic mass is 19.3. The van der Waals surface area contributed by atoms with E-state index in [0.29, 0.717) is 23.0 Å². The lowest BCUT2D eigenvalue weighted by Gasteiger charge is -2.12. The van der Waals surface area contributed by atoms with Gasteiger partial charge in [-0.3, -0.25) is 4.79 Å². The van der Waals surface area contributed by atoms with Crippen LogP contribution in [-0.2, 0) is 17.8 Å². The van der Waals surface area contributed by atoms with Crippen molar-refractivity contribution in [3.63, 3.8) is 0 Å². The molecule has 0 bridgehead atoms. The molecule has 3 aromatic heterocycles. The van der Waals surface area contributed by atoms with Crippen LogP contribution in [0.4, 0.5) is 17.6 Å². The van der Waals surface area contributed by atoms with E-state index in [4.69, 9.17) is 5.73 Å². The van der Waals surface area contributed by atoms with Crippen LogP contribution in [-0.4, -0.2) is 31.3 Å². The van der Waals surface area contributed by atoms with Crippen molar-refractivity contribution in [2.75, 3.05) is 0 Å². The molecular weight excluding hydrogens is 402 g/mol. The summed E-state index contributed by atoms with van der Waals surface area (Å²) < 4.78 is 56.8. The highest BCUT2D eigenvalue weighted by molar-refractivity contribution is 5.80. The number of halogens is 4. The van der Waals surface area contributed by atoms with Crippen LogP contribution in [0.2, 0.25) is 0 Å². The van der Waals surface area contributed by atoms with Crippen molar-refractivity contribution in [2.45, 2.75) is 19.4 Å². The quantitative estimate of drug-likeness (QED) is 0.488. The molecule has 154 valence electrons. The summed E-state index contributed by atoms with van der Waals surface area (Å²) in [7, 11) is 0. The largest absolute Gasteiger partial charge is 0.369 e. The molecule has 1 aromatic carbocycles. The predicted octanol–water partition coefficient (Wildman–Crippen LogP) is 3.44. The molecule has 0 unspecified atom stereocenters. The first-order valence-corrected chi connectivity index (χ1v) is 8.87. The number of carbonyl (C=O) groups excluding carboxylic acids is 1. The van der Waals surface area contributed by atoms with Gasteiger partial charge in [0.05, 0.1) is 36.4 Å². The second-order valence-corrected chi connectivity index (χ2v) is 6.65. The third kappa shape index (κ3) is 3.63. The maximum absolute atomic E-state index is 14.4. The number of fused-ring (bicyclic) bond motifs is 1. The first-order valence-electron chi connectivity index (χ1n) is 8.87. The van der Waals surface area contributed by atoms with Crippen LogP contribution in [0.1, 0.15) is 5.69 Å². The molecule has 4 rings (SSSR count). The molecule has 0 saturated carbocycles. The van der Waals surface area contributed by atoms with Crippen LogP contribution in [0.5, 0.6) is 0 Å². The van der Waals surface area contributed by atoms with E-state index in [1.165, 1.54) is 23.2 Å². The van der Waals surface area contributed by atoms with Crippen LogP contribution >= 0.6 is 0 Å². The van der Waals surface area contributed by atoms with Crippen LogP contribution in [0, 0.1) is 11.6 Å². The third-order valence-electron chi connectivity index (χ3n) is 4.57. The van der Waals surface area contributed by atoms with E-state index in [1.807, 2.05) is 0 Å². The van der Waals surface area contributed by atoms with Crippen LogP contribution < -0.4 is 5.73 Å². The van der Waals surface area contributed by atoms with Gasteiger partial charge in [0.15, 0.2) is 0 Å². The number of alkyl halides is 2. The van der Waals surface area contributed by atoms with Gasteiger partial charge in [-0.2, -0.15) is 0 Å². The zero-order valence-electron chi connectivity index (χ0n) is 15.4. The van der Waals surface area contributed by atoms with Gasteiger partial charge in [-0.1, -0.05) is 0 Å². The molecule has 1 amide bonds. The monoisotopic (exact) mass is 417 g/mol. The Hall–Kier alpha value is -3.69. The topological polar surface area (TPSA) is 78.2 Å². The third-order valence-corrected chi connectivity index (χ3v) is 4.57. The van der Waals surface area contributed by atoms with Crippen molar-refractivity contribution in [1.82, 2.24) is 18.9 Å². The Kier molecular flexibility index (Phi) is 4.98. The maximum atomic E-state index is 14.4. The number of imidazole rings is 2. The highest BCUT2D eigenvalue weighted by Gasteiger charge is 2.21. The minimum atomic E-state index is -2.67. The molecule has 4 aromatic rings. The van der Waals surface area contributed by atoms with E-state index in [-0.39, 0.29) is 23.4 Å². The number of pyridine rings is 1. The number of nitrogens with two attached hydrogens (primary N) is 1. The molecule has 0 aliphatic rings. The van der Waals surface area contributed by atoms with Crippen LogP contribution in [0.15, 0.2) is 49.1 Å². The van der Waals surface area contributed by atoms with Gasteiger partial charge in [0.1, 0.15) is 17.3 Å². The molecule has 0 atom stereocenters. The highest BCUT2D eigenvalue weighted by Crippen LogP contribution is 2.33. The number of amides is 1. The molecule has 30 heavy (non-hydrogen) atoms. The molecule has 0 saturated heterocycles. The molecule has 0 radical (unpaired) electrons.